The van der Waals surface area contributed by atoms with E-state index in [1.165, 1.54) is 17.4 Å². The molecule has 0 bridgehead atoms. The lowest BCUT2D eigenvalue weighted by Gasteiger charge is -2.00. The molecule has 0 aliphatic rings. The molecule has 0 radical (unpaired) electrons. The molecule has 0 saturated carbocycles. The number of thiophene rings is 1. The molecule has 0 atom stereocenters. The Labute approximate surface area is 141 Å². The molecule has 22 heavy (non-hydrogen) atoms. The topological polar surface area (TPSA) is 43.4 Å². The number of rotatable bonds is 6. The SMILES string of the molecule is CSc1ccc(/C=C/C(=O)OCC(=O)c2ccc(Cl)s2)cc1. The van der Waals surface area contributed by atoms with Gasteiger partial charge in [-0.2, -0.15) is 0 Å². The Kier molecular flexibility index (Phi) is 6.24. The molecular formula is C16H13ClO3S2. The van der Waals surface area contributed by atoms with Gasteiger partial charge in [-0.05, 0) is 42.2 Å². The monoisotopic (exact) mass is 352 g/mol. The molecule has 0 aliphatic heterocycles. The molecule has 1 heterocycles. The van der Waals surface area contributed by atoms with Crippen molar-refractivity contribution in [1.82, 2.24) is 0 Å². The average molecular weight is 353 g/mol. The van der Waals surface area contributed by atoms with Gasteiger partial charge in [-0.25, -0.2) is 4.79 Å². The minimum absolute atomic E-state index is 0.261. The molecule has 0 saturated heterocycles. The lowest BCUT2D eigenvalue weighted by Crippen LogP contribution is -2.11. The molecule has 0 fully saturated rings. The summed E-state index contributed by atoms with van der Waals surface area (Å²) in [6.45, 7) is -0.286. The maximum absolute atomic E-state index is 11.8. The standard InChI is InChI=1S/C16H13ClO3S2/c1-21-12-5-2-11(3-6-12)4-9-16(19)20-10-13(18)14-7-8-15(17)22-14/h2-9H,10H2,1H3/b9-4+. The molecule has 114 valence electrons. The van der Waals surface area contributed by atoms with Crippen LogP contribution in [-0.4, -0.2) is 24.6 Å². The first-order valence-electron chi connectivity index (χ1n) is 6.36. The number of carbonyl (C=O) groups excluding carboxylic acids is 2. The number of carbonyl (C=O) groups is 2. The van der Waals surface area contributed by atoms with Crippen LogP contribution in [0.5, 0.6) is 0 Å². The fraction of sp³-hybridized carbons (Fsp3) is 0.125. The highest BCUT2D eigenvalue weighted by atomic mass is 35.5. The van der Waals surface area contributed by atoms with Crippen molar-refractivity contribution < 1.29 is 14.3 Å². The van der Waals surface area contributed by atoms with Crippen LogP contribution in [0.4, 0.5) is 0 Å². The summed E-state index contributed by atoms with van der Waals surface area (Å²) in [7, 11) is 0. The van der Waals surface area contributed by atoms with E-state index in [1.54, 1.807) is 30.0 Å². The minimum atomic E-state index is -0.551. The third-order valence-electron chi connectivity index (χ3n) is 2.72. The van der Waals surface area contributed by atoms with Gasteiger partial charge in [-0.15, -0.1) is 23.1 Å². The van der Waals surface area contributed by atoms with Crippen molar-refractivity contribution in [3.05, 3.63) is 57.3 Å². The molecule has 6 heteroatoms. The van der Waals surface area contributed by atoms with Crippen LogP contribution in [0.25, 0.3) is 6.08 Å². The summed E-state index contributed by atoms with van der Waals surface area (Å²) < 4.78 is 5.45. The van der Waals surface area contributed by atoms with E-state index in [9.17, 15) is 9.59 Å². The van der Waals surface area contributed by atoms with Gasteiger partial charge in [-0.3, -0.25) is 4.79 Å². The Morgan fingerprint density at radius 3 is 2.55 bits per heavy atom. The van der Waals surface area contributed by atoms with Crippen molar-refractivity contribution in [1.29, 1.82) is 0 Å². The highest BCUT2D eigenvalue weighted by molar-refractivity contribution is 7.98. The van der Waals surface area contributed by atoms with Gasteiger partial charge in [0.2, 0.25) is 5.78 Å². The van der Waals surface area contributed by atoms with Gasteiger partial charge in [0, 0.05) is 11.0 Å². The van der Waals surface area contributed by atoms with Gasteiger partial charge in [0.1, 0.15) is 0 Å². The molecule has 1 aromatic carbocycles. The van der Waals surface area contributed by atoms with Gasteiger partial charge in [-0.1, -0.05) is 23.7 Å². The molecule has 0 unspecified atom stereocenters. The van der Waals surface area contributed by atoms with Crippen LogP contribution in [0.2, 0.25) is 4.34 Å². The molecule has 3 nitrogen and oxygen atoms in total. The number of benzene rings is 1. The summed E-state index contributed by atoms with van der Waals surface area (Å²) in [5, 5.41) is 0. The van der Waals surface area contributed by atoms with E-state index in [0.717, 1.165) is 10.5 Å². The Hall–Kier alpha value is -1.56. The van der Waals surface area contributed by atoms with E-state index in [-0.39, 0.29) is 12.4 Å². The summed E-state index contributed by atoms with van der Waals surface area (Å²) in [4.78, 5) is 25.0. The summed E-state index contributed by atoms with van der Waals surface area (Å²) >= 11 is 8.57. The number of hydrogen-bond acceptors (Lipinski definition) is 5. The molecule has 0 amide bonds. The zero-order valence-electron chi connectivity index (χ0n) is 11.7. The lowest BCUT2D eigenvalue weighted by atomic mass is 10.2. The predicted molar refractivity (Wildman–Crippen MR) is 91.9 cm³/mol. The average Bonchev–Trinajstić information content (AvgIpc) is 2.97. The number of halogens is 1. The van der Waals surface area contributed by atoms with E-state index >= 15 is 0 Å². The van der Waals surface area contributed by atoms with Crippen molar-refractivity contribution in [2.45, 2.75) is 4.90 Å². The number of esters is 1. The van der Waals surface area contributed by atoms with E-state index < -0.39 is 5.97 Å². The Morgan fingerprint density at radius 2 is 1.95 bits per heavy atom. The Bertz CT molecular complexity index is 690. The van der Waals surface area contributed by atoms with Gasteiger partial charge in [0.15, 0.2) is 6.61 Å². The zero-order valence-corrected chi connectivity index (χ0v) is 14.1. The smallest absolute Gasteiger partial charge is 0.331 e. The fourth-order valence-electron chi connectivity index (χ4n) is 1.60. The van der Waals surface area contributed by atoms with E-state index in [2.05, 4.69) is 0 Å². The zero-order chi connectivity index (χ0) is 15.9. The first kappa shape index (κ1) is 16.8. The second kappa shape index (κ2) is 8.17. The van der Waals surface area contributed by atoms with Crippen LogP contribution >= 0.6 is 34.7 Å². The summed E-state index contributed by atoms with van der Waals surface area (Å²) in [5.41, 5.74) is 0.895. The van der Waals surface area contributed by atoms with E-state index in [4.69, 9.17) is 16.3 Å². The molecule has 0 aliphatic carbocycles. The fourth-order valence-corrected chi connectivity index (χ4v) is 2.97. The Balaban J connectivity index is 1.84. The summed E-state index contributed by atoms with van der Waals surface area (Å²) in [6, 6.07) is 11.0. The summed E-state index contributed by atoms with van der Waals surface area (Å²) in [6.07, 6.45) is 4.96. The molecule has 0 N–H and O–H groups in total. The van der Waals surface area contributed by atoms with Crippen LogP contribution in [-0.2, 0) is 9.53 Å². The van der Waals surface area contributed by atoms with Crippen LogP contribution in [0, 0.1) is 0 Å². The van der Waals surface area contributed by atoms with Gasteiger partial charge in [0.05, 0.1) is 9.21 Å². The predicted octanol–water partition coefficient (Wildman–Crippen LogP) is 4.56. The number of ether oxygens (including phenoxy) is 1. The molecule has 1 aromatic heterocycles. The largest absolute Gasteiger partial charge is 0.454 e. The first-order chi connectivity index (χ1) is 10.6. The van der Waals surface area contributed by atoms with Gasteiger partial charge in [0.25, 0.3) is 0 Å². The lowest BCUT2D eigenvalue weighted by molar-refractivity contribution is -0.136. The maximum Gasteiger partial charge on any atom is 0.331 e. The second-order valence-electron chi connectivity index (χ2n) is 4.24. The number of thioether (sulfide) groups is 1. The van der Waals surface area contributed by atoms with Crippen molar-refractivity contribution in [2.24, 2.45) is 0 Å². The second-order valence-corrected chi connectivity index (χ2v) is 6.84. The summed E-state index contributed by atoms with van der Waals surface area (Å²) in [5.74, 6) is -0.812. The highest BCUT2D eigenvalue weighted by Crippen LogP contribution is 2.21. The van der Waals surface area contributed by atoms with E-state index in [0.29, 0.717) is 9.21 Å². The van der Waals surface area contributed by atoms with Crippen LogP contribution in [0.1, 0.15) is 15.2 Å². The number of ketones is 1. The van der Waals surface area contributed by atoms with Crippen molar-refractivity contribution in [3.8, 4) is 0 Å². The Morgan fingerprint density at radius 1 is 1.23 bits per heavy atom. The van der Waals surface area contributed by atoms with Crippen LogP contribution < -0.4 is 0 Å². The molecule has 2 aromatic rings. The first-order valence-corrected chi connectivity index (χ1v) is 8.78. The quantitative estimate of drug-likeness (QED) is 0.331. The maximum atomic E-state index is 11.8. The number of Topliss-reactive ketones (excluding diaryl/α,β-unsaturated/α-hetero) is 1. The highest BCUT2D eigenvalue weighted by Gasteiger charge is 2.10. The number of hydrogen-bond donors (Lipinski definition) is 0. The minimum Gasteiger partial charge on any atom is -0.454 e. The van der Waals surface area contributed by atoms with Crippen LogP contribution in [0.15, 0.2) is 47.4 Å². The van der Waals surface area contributed by atoms with Crippen molar-refractivity contribution >= 4 is 52.5 Å². The molecule has 0 spiro atoms. The molecule has 2 rings (SSSR count). The van der Waals surface area contributed by atoms with Gasteiger partial charge < -0.3 is 4.74 Å². The normalized spacial score (nSPS) is 10.8. The van der Waals surface area contributed by atoms with E-state index in [1.807, 2.05) is 30.5 Å². The third-order valence-corrected chi connectivity index (χ3v) is 4.74. The van der Waals surface area contributed by atoms with Gasteiger partial charge >= 0.3 is 5.97 Å². The third kappa shape index (κ3) is 5.02. The van der Waals surface area contributed by atoms with Crippen molar-refractivity contribution in [2.75, 3.05) is 12.9 Å². The molecular weight excluding hydrogens is 340 g/mol. The van der Waals surface area contributed by atoms with Crippen LogP contribution in [0.3, 0.4) is 0 Å². The van der Waals surface area contributed by atoms with Crippen molar-refractivity contribution in [3.63, 3.8) is 0 Å².